The van der Waals surface area contributed by atoms with E-state index >= 15 is 0 Å². The average molecular weight is 228 g/mol. The number of ether oxygens (including phenoxy) is 2. The van der Waals surface area contributed by atoms with Gasteiger partial charge in [-0.05, 0) is 0 Å². The smallest absolute Gasteiger partial charge is 0.0619 e. The van der Waals surface area contributed by atoms with Gasteiger partial charge in [0.25, 0.3) is 0 Å². The van der Waals surface area contributed by atoms with Crippen LogP contribution in [0.15, 0.2) is 0 Å². The van der Waals surface area contributed by atoms with E-state index in [0.29, 0.717) is 0 Å². The number of hydrogen-bond donors (Lipinski definition) is 1. The molecule has 16 heavy (non-hydrogen) atoms. The van der Waals surface area contributed by atoms with Crippen molar-refractivity contribution >= 4 is 0 Å². The van der Waals surface area contributed by atoms with E-state index in [1.54, 1.807) is 0 Å². The summed E-state index contributed by atoms with van der Waals surface area (Å²) in [5, 5.41) is 0. The van der Waals surface area contributed by atoms with Crippen molar-refractivity contribution in [3.63, 3.8) is 0 Å². The predicted molar refractivity (Wildman–Crippen MR) is 61.9 cm³/mol. The third kappa shape index (κ3) is 3.68. The molecule has 93 valence electrons. The highest BCUT2D eigenvalue weighted by Crippen LogP contribution is 2.04. The Bertz CT molecular complexity index is 192. The minimum absolute atomic E-state index is 0.0618. The monoisotopic (exact) mass is 228 g/mol. The standard InChI is InChI=1S/C11H22N3O2/c12-11(14-5-9-16-10-6-14)1-2-13-3-7-15-8-4-13/h1,11H,2-10,12H2. The van der Waals surface area contributed by atoms with E-state index in [-0.39, 0.29) is 6.17 Å². The summed E-state index contributed by atoms with van der Waals surface area (Å²) in [5.41, 5.74) is 6.12. The molecular weight excluding hydrogens is 206 g/mol. The second-order valence-electron chi connectivity index (χ2n) is 4.29. The molecule has 0 saturated carbocycles. The molecule has 5 heteroatoms. The summed E-state index contributed by atoms with van der Waals surface area (Å²) in [6, 6.07) is 0. The Morgan fingerprint density at radius 2 is 1.56 bits per heavy atom. The predicted octanol–water partition coefficient (Wildman–Crippen LogP) is -0.860. The van der Waals surface area contributed by atoms with Gasteiger partial charge in [0, 0.05) is 39.1 Å². The molecule has 0 aromatic carbocycles. The molecule has 2 heterocycles. The van der Waals surface area contributed by atoms with E-state index in [1.807, 2.05) is 0 Å². The van der Waals surface area contributed by atoms with E-state index in [4.69, 9.17) is 15.2 Å². The molecule has 2 fully saturated rings. The molecule has 2 aliphatic heterocycles. The van der Waals surface area contributed by atoms with E-state index in [9.17, 15) is 0 Å². The van der Waals surface area contributed by atoms with Gasteiger partial charge in [0.05, 0.1) is 32.6 Å². The summed E-state index contributed by atoms with van der Waals surface area (Å²) in [7, 11) is 0. The molecule has 5 nitrogen and oxygen atoms in total. The highest BCUT2D eigenvalue weighted by molar-refractivity contribution is 4.85. The molecule has 0 spiro atoms. The Hall–Kier alpha value is -0.200. The van der Waals surface area contributed by atoms with Gasteiger partial charge in [0.1, 0.15) is 0 Å². The summed E-state index contributed by atoms with van der Waals surface area (Å²) in [4.78, 5) is 4.65. The van der Waals surface area contributed by atoms with Gasteiger partial charge in [-0.15, -0.1) is 0 Å². The molecule has 2 saturated heterocycles. The molecule has 0 bridgehead atoms. The molecule has 0 aliphatic carbocycles. The second kappa shape index (κ2) is 6.51. The number of hydrogen-bond acceptors (Lipinski definition) is 5. The fraction of sp³-hybridized carbons (Fsp3) is 0.909. The number of nitrogens with zero attached hydrogens (tertiary/aromatic N) is 2. The number of nitrogens with two attached hydrogens (primary N) is 1. The fourth-order valence-electron chi connectivity index (χ4n) is 2.07. The minimum atomic E-state index is 0.0618. The number of rotatable bonds is 4. The van der Waals surface area contributed by atoms with Gasteiger partial charge in [-0.1, -0.05) is 0 Å². The SMILES string of the molecule is NC([CH]CN1CCOCC1)N1CCOCC1. The van der Waals surface area contributed by atoms with Gasteiger partial charge in [-0.25, -0.2) is 0 Å². The van der Waals surface area contributed by atoms with Crippen LogP contribution in [0.1, 0.15) is 0 Å². The van der Waals surface area contributed by atoms with Crippen LogP contribution in [0.2, 0.25) is 0 Å². The summed E-state index contributed by atoms with van der Waals surface area (Å²) >= 11 is 0. The second-order valence-corrected chi connectivity index (χ2v) is 4.29. The lowest BCUT2D eigenvalue weighted by Crippen LogP contribution is -2.50. The van der Waals surface area contributed by atoms with Crippen LogP contribution in [-0.4, -0.2) is 75.1 Å². The topological polar surface area (TPSA) is 51.0 Å². The van der Waals surface area contributed by atoms with Gasteiger partial charge in [-0.3, -0.25) is 9.80 Å². The summed E-state index contributed by atoms with van der Waals surface area (Å²) in [5.74, 6) is 0. The Morgan fingerprint density at radius 1 is 1.00 bits per heavy atom. The number of morpholine rings is 2. The molecule has 2 rings (SSSR count). The maximum atomic E-state index is 6.12. The van der Waals surface area contributed by atoms with Crippen molar-refractivity contribution < 1.29 is 9.47 Å². The molecule has 2 N–H and O–H groups in total. The Kier molecular flexibility index (Phi) is 4.99. The van der Waals surface area contributed by atoms with E-state index < -0.39 is 0 Å². The molecule has 0 amide bonds. The third-order valence-corrected chi connectivity index (χ3v) is 3.18. The first-order valence-corrected chi connectivity index (χ1v) is 6.07. The highest BCUT2D eigenvalue weighted by Gasteiger charge is 2.19. The van der Waals surface area contributed by atoms with Crippen molar-refractivity contribution in [3.05, 3.63) is 6.42 Å². The third-order valence-electron chi connectivity index (χ3n) is 3.18. The average Bonchev–Trinajstić information content (AvgIpc) is 2.38. The van der Waals surface area contributed by atoms with Crippen molar-refractivity contribution in [1.29, 1.82) is 0 Å². The maximum absolute atomic E-state index is 6.12. The summed E-state index contributed by atoms with van der Waals surface area (Å²) < 4.78 is 10.6. The van der Waals surface area contributed by atoms with Crippen molar-refractivity contribution in [3.8, 4) is 0 Å². The van der Waals surface area contributed by atoms with Crippen LogP contribution < -0.4 is 5.73 Å². The van der Waals surface area contributed by atoms with Crippen LogP contribution >= 0.6 is 0 Å². The normalized spacial score (nSPS) is 26.8. The first-order chi connectivity index (χ1) is 7.86. The van der Waals surface area contributed by atoms with Gasteiger partial charge in [0.2, 0.25) is 0 Å². The van der Waals surface area contributed by atoms with E-state index in [2.05, 4.69) is 16.2 Å². The molecule has 1 radical (unpaired) electrons. The van der Waals surface area contributed by atoms with Crippen molar-refractivity contribution in [2.24, 2.45) is 5.73 Å². The fourth-order valence-corrected chi connectivity index (χ4v) is 2.07. The zero-order valence-corrected chi connectivity index (χ0v) is 9.81. The largest absolute Gasteiger partial charge is 0.379 e. The van der Waals surface area contributed by atoms with Gasteiger partial charge in [0.15, 0.2) is 0 Å². The quantitative estimate of drug-likeness (QED) is 0.678. The molecular formula is C11H22N3O2. The lowest BCUT2D eigenvalue weighted by atomic mass is 10.2. The first kappa shape index (κ1) is 12.3. The van der Waals surface area contributed by atoms with Gasteiger partial charge < -0.3 is 15.2 Å². The Labute approximate surface area is 97.5 Å². The zero-order valence-electron chi connectivity index (χ0n) is 9.81. The molecule has 1 atom stereocenters. The van der Waals surface area contributed by atoms with E-state index in [1.165, 1.54) is 0 Å². The zero-order chi connectivity index (χ0) is 11.2. The minimum Gasteiger partial charge on any atom is -0.379 e. The highest BCUT2D eigenvalue weighted by atomic mass is 16.5. The van der Waals surface area contributed by atoms with Crippen LogP contribution in [0.4, 0.5) is 0 Å². The van der Waals surface area contributed by atoms with Gasteiger partial charge in [-0.2, -0.15) is 0 Å². The Morgan fingerprint density at radius 3 is 2.19 bits per heavy atom. The first-order valence-electron chi connectivity index (χ1n) is 6.07. The lowest BCUT2D eigenvalue weighted by Gasteiger charge is -2.34. The van der Waals surface area contributed by atoms with Crippen LogP contribution in [-0.2, 0) is 9.47 Å². The Balaban J connectivity index is 1.63. The molecule has 2 aliphatic rings. The molecule has 0 aromatic rings. The van der Waals surface area contributed by atoms with E-state index in [0.717, 1.165) is 59.2 Å². The summed E-state index contributed by atoms with van der Waals surface area (Å²) in [6.07, 6.45) is 2.25. The van der Waals surface area contributed by atoms with Crippen LogP contribution in [0.3, 0.4) is 0 Å². The maximum Gasteiger partial charge on any atom is 0.0619 e. The molecule has 1 unspecified atom stereocenters. The van der Waals surface area contributed by atoms with Crippen LogP contribution in [0.5, 0.6) is 0 Å². The van der Waals surface area contributed by atoms with Crippen molar-refractivity contribution in [1.82, 2.24) is 9.80 Å². The summed E-state index contributed by atoms with van der Waals surface area (Å²) in [6.45, 7) is 8.20. The van der Waals surface area contributed by atoms with Crippen LogP contribution in [0.25, 0.3) is 0 Å². The molecule has 0 aromatic heterocycles. The van der Waals surface area contributed by atoms with Gasteiger partial charge >= 0.3 is 0 Å². The lowest BCUT2D eigenvalue weighted by molar-refractivity contribution is 0.0180. The van der Waals surface area contributed by atoms with Crippen LogP contribution in [0, 0.1) is 6.42 Å². The van der Waals surface area contributed by atoms with Crippen molar-refractivity contribution in [2.75, 3.05) is 59.2 Å². The van der Waals surface area contributed by atoms with Crippen molar-refractivity contribution in [2.45, 2.75) is 6.17 Å².